The van der Waals surface area contributed by atoms with Crippen LogP contribution in [0.1, 0.15) is 18.9 Å². The predicted octanol–water partition coefficient (Wildman–Crippen LogP) is -0.0509. The molecule has 1 saturated heterocycles. The molecule has 1 aliphatic heterocycles. The number of nitrogens with zero attached hydrogens (tertiary/aromatic N) is 4. The van der Waals surface area contributed by atoms with Gasteiger partial charge in [0.2, 0.25) is 5.95 Å². The van der Waals surface area contributed by atoms with Crippen molar-refractivity contribution < 1.29 is 9.84 Å². The summed E-state index contributed by atoms with van der Waals surface area (Å²) in [5.41, 5.74) is 12.9. The van der Waals surface area contributed by atoms with Crippen LogP contribution in [0.3, 0.4) is 0 Å². The van der Waals surface area contributed by atoms with Crippen LogP contribution in [0.15, 0.2) is 6.33 Å². The number of imidazole rings is 1. The molecule has 3 fully saturated rings. The zero-order valence-electron chi connectivity index (χ0n) is 12.0. The standard InChI is InChI=1S/C14H18N6O2/c15-11-8-12(19-13(16)18-11)20(5-17-8)9-6-1-7-10(9)22-4-14(7,2-6)3-21/h5-7,9-10,21H,1-4H2,(H4,15,16,18,19)/t6-,7-,9-,10-,14-/m1/s1. The van der Waals surface area contributed by atoms with E-state index in [9.17, 15) is 5.11 Å². The number of fused-ring (bicyclic) bond motifs is 2. The van der Waals surface area contributed by atoms with Gasteiger partial charge < -0.3 is 25.9 Å². The van der Waals surface area contributed by atoms with Crippen molar-refractivity contribution in [3.05, 3.63) is 6.33 Å². The summed E-state index contributed by atoms with van der Waals surface area (Å²) >= 11 is 0. The van der Waals surface area contributed by atoms with Crippen molar-refractivity contribution in [2.24, 2.45) is 17.3 Å². The maximum atomic E-state index is 9.77. The van der Waals surface area contributed by atoms with E-state index in [1.807, 2.05) is 4.57 Å². The SMILES string of the molecule is Nc1nc(N)c2ncn([C@@H]3[C@@H]4C[C@@H]5[C@H]3OC[C@]5(CO)C4)c2n1. The number of nitrogens with two attached hydrogens (primary N) is 2. The minimum atomic E-state index is -0.0325. The molecule has 0 radical (unpaired) electrons. The van der Waals surface area contributed by atoms with Crippen LogP contribution in [0.4, 0.5) is 11.8 Å². The lowest BCUT2D eigenvalue weighted by atomic mass is 9.74. The van der Waals surface area contributed by atoms with Gasteiger partial charge in [0.05, 0.1) is 31.7 Å². The smallest absolute Gasteiger partial charge is 0.224 e. The molecule has 0 aromatic carbocycles. The average Bonchev–Trinajstić information content (AvgIpc) is 3.17. The van der Waals surface area contributed by atoms with Gasteiger partial charge in [0.25, 0.3) is 0 Å². The van der Waals surface area contributed by atoms with Gasteiger partial charge in [0, 0.05) is 5.41 Å². The Labute approximate surface area is 126 Å². The molecule has 5 rings (SSSR count). The summed E-state index contributed by atoms with van der Waals surface area (Å²) in [5.74, 6) is 1.36. The van der Waals surface area contributed by atoms with Gasteiger partial charge >= 0.3 is 0 Å². The second-order valence-electron chi connectivity index (χ2n) is 6.88. The summed E-state index contributed by atoms with van der Waals surface area (Å²) in [6, 6.07) is 0.186. The van der Waals surface area contributed by atoms with Crippen LogP contribution in [0.25, 0.3) is 11.2 Å². The van der Waals surface area contributed by atoms with Crippen LogP contribution < -0.4 is 11.5 Å². The van der Waals surface area contributed by atoms with E-state index >= 15 is 0 Å². The van der Waals surface area contributed by atoms with Gasteiger partial charge in [-0.15, -0.1) is 0 Å². The molecular formula is C14H18N6O2. The van der Waals surface area contributed by atoms with Crippen LogP contribution in [-0.2, 0) is 4.74 Å². The van der Waals surface area contributed by atoms with E-state index < -0.39 is 0 Å². The largest absolute Gasteiger partial charge is 0.396 e. The summed E-state index contributed by atoms with van der Waals surface area (Å²) in [4.78, 5) is 12.7. The van der Waals surface area contributed by atoms with E-state index in [4.69, 9.17) is 16.2 Å². The van der Waals surface area contributed by atoms with Gasteiger partial charge in [-0.3, -0.25) is 0 Å². The Morgan fingerprint density at radius 3 is 3.09 bits per heavy atom. The highest BCUT2D eigenvalue weighted by molar-refractivity contribution is 5.82. The maximum absolute atomic E-state index is 9.77. The molecule has 0 amide bonds. The Bertz CT molecular complexity index is 776. The molecule has 2 bridgehead atoms. The van der Waals surface area contributed by atoms with Crippen LogP contribution >= 0.6 is 0 Å². The minimum absolute atomic E-state index is 0.0325. The van der Waals surface area contributed by atoms with Crippen molar-refractivity contribution in [2.45, 2.75) is 25.0 Å². The zero-order valence-corrected chi connectivity index (χ0v) is 12.0. The van der Waals surface area contributed by atoms with E-state index in [1.165, 1.54) is 0 Å². The number of aliphatic hydroxyl groups excluding tert-OH is 1. The molecule has 22 heavy (non-hydrogen) atoms. The normalized spacial score (nSPS) is 39.1. The van der Waals surface area contributed by atoms with E-state index in [0.717, 1.165) is 12.8 Å². The second-order valence-corrected chi connectivity index (χ2v) is 6.88. The van der Waals surface area contributed by atoms with Crippen LogP contribution in [0, 0.1) is 17.3 Å². The van der Waals surface area contributed by atoms with E-state index in [1.54, 1.807) is 6.33 Å². The van der Waals surface area contributed by atoms with Crippen molar-refractivity contribution in [2.75, 3.05) is 24.7 Å². The average molecular weight is 302 g/mol. The van der Waals surface area contributed by atoms with Crippen LogP contribution in [-0.4, -0.2) is 43.9 Å². The third kappa shape index (κ3) is 1.32. The molecule has 116 valence electrons. The number of aliphatic hydroxyl groups is 1. The van der Waals surface area contributed by atoms with Crippen molar-refractivity contribution in [3.63, 3.8) is 0 Å². The van der Waals surface area contributed by atoms with Gasteiger partial charge in [-0.2, -0.15) is 9.97 Å². The molecule has 3 aliphatic rings. The van der Waals surface area contributed by atoms with Crippen LogP contribution in [0.5, 0.6) is 0 Å². The molecule has 2 aliphatic carbocycles. The molecule has 0 unspecified atom stereocenters. The molecule has 0 spiro atoms. The second kappa shape index (κ2) is 3.88. The quantitative estimate of drug-likeness (QED) is 0.710. The molecule has 2 aromatic heterocycles. The highest BCUT2D eigenvalue weighted by atomic mass is 16.5. The highest BCUT2D eigenvalue weighted by Gasteiger charge is 2.65. The lowest BCUT2D eigenvalue weighted by Gasteiger charge is -2.33. The summed E-state index contributed by atoms with van der Waals surface area (Å²) in [5, 5.41) is 9.77. The Hall–Kier alpha value is -1.93. The molecule has 2 saturated carbocycles. The fraction of sp³-hybridized carbons (Fsp3) is 0.643. The first kappa shape index (κ1) is 12.6. The Morgan fingerprint density at radius 2 is 2.27 bits per heavy atom. The summed E-state index contributed by atoms with van der Waals surface area (Å²) in [6.07, 6.45) is 3.96. The summed E-state index contributed by atoms with van der Waals surface area (Å²) < 4.78 is 8.10. The van der Waals surface area contributed by atoms with Gasteiger partial charge in [0.15, 0.2) is 11.5 Å². The molecule has 5 atom stereocenters. The number of hydrogen-bond acceptors (Lipinski definition) is 7. The zero-order chi connectivity index (χ0) is 15.1. The highest BCUT2D eigenvalue weighted by Crippen LogP contribution is 2.64. The number of ether oxygens (including phenoxy) is 1. The van der Waals surface area contributed by atoms with Gasteiger partial charge in [-0.05, 0) is 24.7 Å². The number of hydrogen-bond donors (Lipinski definition) is 3. The van der Waals surface area contributed by atoms with E-state index in [2.05, 4.69) is 15.0 Å². The lowest BCUT2D eigenvalue weighted by Crippen LogP contribution is -2.37. The van der Waals surface area contributed by atoms with Gasteiger partial charge in [0.1, 0.15) is 5.52 Å². The maximum Gasteiger partial charge on any atom is 0.224 e. The van der Waals surface area contributed by atoms with Crippen molar-refractivity contribution in [1.82, 2.24) is 19.5 Å². The van der Waals surface area contributed by atoms with E-state index in [0.29, 0.717) is 35.4 Å². The van der Waals surface area contributed by atoms with Gasteiger partial charge in [-0.1, -0.05) is 0 Å². The fourth-order valence-electron chi connectivity index (χ4n) is 5.01. The fourth-order valence-corrected chi connectivity index (χ4v) is 5.01. The first-order valence-electron chi connectivity index (χ1n) is 7.61. The molecule has 5 N–H and O–H groups in total. The molecule has 2 aromatic rings. The predicted molar refractivity (Wildman–Crippen MR) is 78.7 cm³/mol. The van der Waals surface area contributed by atoms with Gasteiger partial charge in [-0.25, -0.2) is 4.98 Å². The molecular weight excluding hydrogens is 284 g/mol. The Balaban J connectivity index is 1.63. The van der Waals surface area contributed by atoms with Crippen molar-refractivity contribution >= 4 is 22.9 Å². The van der Waals surface area contributed by atoms with E-state index in [-0.39, 0.29) is 30.1 Å². The van der Waals surface area contributed by atoms with Crippen molar-refractivity contribution in [1.29, 1.82) is 0 Å². The first-order chi connectivity index (χ1) is 10.6. The number of aromatic nitrogens is 4. The lowest BCUT2D eigenvalue weighted by molar-refractivity contribution is 0.0656. The molecule has 8 nitrogen and oxygen atoms in total. The number of nitrogen functional groups attached to an aromatic ring is 2. The first-order valence-corrected chi connectivity index (χ1v) is 7.61. The number of rotatable bonds is 2. The monoisotopic (exact) mass is 302 g/mol. The Morgan fingerprint density at radius 1 is 1.41 bits per heavy atom. The third-order valence-corrected chi connectivity index (χ3v) is 5.89. The summed E-state index contributed by atoms with van der Waals surface area (Å²) in [7, 11) is 0. The molecule has 3 heterocycles. The third-order valence-electron chi connectivity index (χ3n) is 5.89. The van der Waals surface area contributed by atoms with Crippen molar-refractivity contribution in [3.8, 4) is 0 Å². The summed E-state index contributed by atoms with van der Waals surface area (Å²) in [6.45, 7) is 0.863. The number of anilines is 2. The topological polar surface area (TPSA) is 125 Å². The minimum Gasteiger partial charge on any atom is -0.396 e. The van der Waals surface area contributed by atoms with Crippen LogP contribution in [0.2, 0.25) is 0 Å². The molecule has 8 heteroatoms. The Kier molecular flexibility index (Phi) is 2.22.